The number of ether oxygens (including phenoxy) is 1. The predicted molar refractivity (Wildman–Crippen MR) is 112 cm³/mol. The van der Waals surface area contributed by atoms with Gasteiger partial charge in [0.2, 0.25) is 5.91 Å². The molecule has 2 heterocycles. The Morgan fingerprint density at radius 2 is 2.07 bits per heavy atom. The highest BCUT2D eigenvalue weighted by Gasteiger charge is 2.22. The van der Waals surface area contributed by atoms with Gasteiger partial charge in [0.05, 0.1) is 22.8 Å². The first-order valence-electron chi connectivity index (χ1n) is 9.50. The zero-order chi connectivity index (χ0) is 20.8. The van der Waals surface area contributed by atoms with E-state index in [-0.39, 0.29) is 30.2 Å². The molecule has 2 aromatic rings. The Morgan fingerprint density at radius 1 is 1.34 bits per heavy atom. The van der Waals surface area contributed by atoms with Gasteiger partial charge < -0.3 is 15.4 Å². The average Bonchev–Trinajstić information content (AvgIpc) is 3.07. The van der Waals surface area contributed by atoms with E-state index in [0.717, 1.165) is 25.3 Å². The van der Waals surface area contributed by atoms with Gasteiger partial charge in [-0.2, -0.15) is 0 Å². The number of rotatable bonds is 8. The molecule has 0 unspecified atom stereocenters. The molecule has 0 radical (unpaired) electrons. The van der Waals surface area contributed by atoms with E-state index in [1.54, 1.807) is 18.2 Å². The van der Waals surface area contributed by atoms with Crippen LogP contribution in [-0.2, 0) is 16.1 Å². The molecule has 0 spiro atoms. The largest absolute Gasteiger partial charge is 0.379 e. The minimum atomic E-state index is -0.449. The number of carbonyl (C=O) groups excluding carboxylic acids is 1. The van der Waals surface area contributed by atoms with E-state index >= 15 is 0 Å². The lowest BCUT2D eigenvalue weighted by atomic mass is 10.2. The molecule has 1 amide bonds. The van der Waals surface area contributed by atoms with Gasteiger partial charge >= 0.3 is 0 Å². The summed E-state index contributed by atoms with van der Waals surface area (Å²) in [5, 5.41) is 19.3. The summed E-state index contributed by atoms with van der Waals surface area (Å²) in [5.41, 5.74) is 1.31. The molecule has 1 aliphatic rings. The molecular weight excluding hydrogens is 394 g/mol. The van der Waals surface area contributed by atoms with E-state index in [4.69, 9.17) is 4.74 Å². The predicted octanol–water partition coefficient (Wildman–Crippen LogP) is 3.10. The lowest BCUT2D eigenvalue weighted by Crippen LogP contribution is -2.44. The number of aromatic nitrogens is 1. The van der Waals surface area contributed by atoms with E-state index in [1.165, 1.54) is 17.4 Å². The van der Waals surface area contributed by atoms with Gasteiger partial charge in [0.25, 0.3) is 5.69 Å². The van der Waals surface area contributed by atoms with Crippen LogP contribution in [0, 0.1) is 10.1 Å². The second-order valence-electron chi connectivity index (χ2n) is 7.09. The van der Waals surface area contributed by atoms with Gasteiger partial charge in [0, 0.05) is 44.0 Å². The van der Waals surface area contributed by atoms with Gasteiger partial charge in [0.15, 0.2) is 5.13 Å². The molecule has 10 heteroatoms. The second kappa shape index (κ2) is 9.77. The van der Waals surface area contributed by atoms with E-state index in [2.05, 4.69) is 34.4 Å². The standard InChI is InChI=1S/C19H25N5O4S/c1-13-9-23(10-14(2)28-13)11-15-12-29-19(21-15)22-18(25)7-8-20-16-5-3-4-6-17(16)24(26)27/h3-6,12-14,20H,7-11H2,1-2H3,(H,21,22,25)/t13-,14-/m1/s1. The minimum absolute atomic E-state index is 0.00998. The smallest absolute Gasteiger partial charge is 0.292 e. The number of hydrogen-bond donors (Lipinski definition) is 2. The normalized spacial score (nSPS) is 19.7. The Bertz CT molecular complexity index is 849. The molecule has 1 aromatic carbocycles. The van der Waals surface area contributed by atoms with Crippen LogP contribution in [0.5, 0.6) is 0 Å². The van der Waals surface area contributed by atoms with Crippen LogP contribution < -0.4 is 10.6 Å². The minimum Gasteiger partial charge on any atom is -0.379 e. The van der Waals surface area contributed by atoms with E-state index < -0.39 is 4.92 Å². The molecule has 29 heavy (non-hydrogen) atoms. The fraction of sp³-hybridized carbons (Fsp3) is 0.474. The molecule has 0 aliphatic carbocycles. The highest BCUT2D eigenvalue weighted by molar-refractivity contribution is 7.13. The maximum absolute atomic E-state index is 12.2. The van der Waals surface area contributed by atoms with Gasteiger partial charge in [-0.15, -0.1) is 11.3 Å². The number of benzene rings is 1. The zero-order valence-corrected chi connectivity index (χ0v) is 17.3. The van der Waals surface area contributed by atoms with E-state index in [1.807, 2.05) is 5.38 Å². The number of carbonyl (C=O) groups is 1. The van der Waals surface area contributed by atoms with Crippen molar-refractivity contribution in [3.63, 3.8) is 0 Å². The van der Waals surface area contributed by atoms with Crippen molar-refractivity contribution in [2.75, 3.05) is 30.3 Å². The van der Waals surface area contributed by atoms with Gasteiger partial charge in [-0.1, -0.05) is 12.1 Å². The lowest BCUT2D eigenvalue weighted by Gasteiger charge is -2.34. The number of thiazole rings is 1. The van der Waals surface area contributed by atoms with Crippen LogP contribution in [0.15, 0.2) is 29.6 Å². The summed E-state index contributed by atoms with van der Waals surface area (Å²) >= 11 is 1.39. The van der Waals surface area contributed by atoms with Crippen molar-refractivity contribution in [3.05, 3.63) is 45.5 Å². The summed E-state index contributed by atoms with van der Waals surface area (Å²) in [6.07, 6.45) is 0.577. The fourth-order valence-corrected chi connectivity index (χ4v) is 4.07. The van der Waals surface area contributed by atoms with Crippen LogP contribution >= 0.6 is 11.3 Å². The first-order valence-corrected chi connectivity index (χ1v) is 10.4. The SMILES string of the molecule is C[C@@H]1CN(Cc2csc(NC(=O)CCNc3ccccc3[N+](=O)[O-])n2)C[C@@H](C)O1. The van der Waals surface area contributed by atoms with Crippen molar-refractivity contribution in [3.8, 4) is 0 Å². The number of amides is 1. The van der Waals surface area contributed by atoms with Crippen molar-refractivity contribution >= 4 is 33.8 Å². The molecule has 9 nitrogen and oxygen atoms in total. The summed E-state index contributed by atoms with van der Waals surface area (Å²) in [6.45, 7) is 6.87. The molecule has 1 fully saturated rings. The van der Waals surface area contributed by atoms with Crippen LogP contribution in [0.3, 0.4) is 0 Å². The number of nitrogens with one attached hydrogen (secondary N) is 2. The van der Waals surface area contributed by atoms with E-state index in [9.17, 15) is 14.9 Å². The molecule has 1 saturated heterocycles. The quantitative estimate of drug-likeness (QED) is 0.500. The van der Waals surface area contributed by atoms with Crippen LogP contribution in [0.4, 0.5) is 16.5 Å². The summed E-state index contributed by atoms with van der Waals surface area (Å²) in [7, 11) is 0. The summed E-state index contributed by atoms with van der Waals surface area (Å²) in [4.78, 5) is 29.5. The summed E-state index contributed by atoms with van der Waals surface area (Å²) in [5.74, 6) is -0.189. The van der Waals surface area contributed by atoms with Crippen molar-refractivity contribution in [1.29, 1.82) is 0 Å². The highest BCUT2D eigenvalue weighted by Crippen LogP contribution is 2.23. The van der Waals surface area contributed by atoms with Crippen LogP contribution in [0.2, 0.25) is 0 Å². The Labute approximate surface area is 173 Å². The maximum atomic E-state index is 12.2. The molecular formula is C19H25N5O4S. The molecule has 0 saturated carbocycles. The molecule has 1 aliphatic heterocycles. The molecule has 2 N–H and O–H groups in total. The lowest BCUT2D eigenvalue weighted by molar-refractivity contribution is -0.384. The van der Waals surface area contributed by atoms with Crippen molar-refractivity contribution in [1.82, 2.24) is 9.88 Å². The topological polar surface area (TPSA) is 110 Å². The van der Waals surface area contributed by atoms with Crippen molar-refractivity contribution in [2.24, 2.45) is 0 Å². The third kappa shape index (κ3) is 6.21. The third-order valence-corrected chi connectivity index (χ3v) is 5.25. The molecule has 2 atom stereocenters. The Morgan fingerprint density at radius 3 is 2.79 bits per heavy atom. The highest BCUT2D eigenvalue weighted by atomic mass is 32.1. The Hall–Kier alpha value is -2.56. The molecule has 0 bridgehead atoms. The van der Waals surface area contributed by atoms with E-state index in [0.29, 0.717) is 17.4 Å². The molecule has 3 rings (SSSR count). The van der Waals surface area contributed by atoms with Crippen molar-refractivity contribution in [2.45, 2.75) is 39.0 Å². The zero-order valence-electron chi connectivity index (χ0n) is 16.5. The number of nitro benzene ring substituents is 1. The van der Waals surface area contributed by atoms with Gasteiger partial charge in [0.1, 0.15) is 5.69 Å². The Kier molecular flexibility index (Phi) is 7.13. The van der Waals surface area contributed by atoms with Crippen LogP contribution in [0.1, 0.15) is 26.0 Å². The number of nitro groups is 1. The Balaban J connectivity index is 1.45. The second-order valence-corrected chi connectivity index (χ2v) is 7.95. The number of morpholine rings is 1. The maximum Gasteiger partial charge on any atom is 0.292 e. The molecule has 156 valence electrons. The summed E-state index contributed by atoms with van der Waals surface area (Å²) in [6, 6.07) is 6.36. The van der Waals surface area contributed by atoms with Gasteiger partial charge in [-0.3, -0.25) is 19.8 Å². The van der Waals surface area contributed by atoms with Gasteiger partial charge in [-0.25, -0.2) is 4.98 Å². The average molecular weight is 420 g/mol. The number of anilines is 2. The molecule has 1 aromatic heterocycles. The van der Waals surface area contributed by atoms with Crippen molar-refractivity contribution < 1.29 is 14.5 Å². The number of nitrogens with zero attached hydrogens (tertiary/aromatic N) is 3. The number of hydrogen-bond acceptors (Lipinski definition) is 8. The first-order chi connectivity index (χ1) is 13.9. The van der Waals surface area contributed by atoms with Gasteiger partial charge in [-0.05, 0) is 19.9 Å². The monoisotopic (exact) mass is 419 g/mol. The van der Waals surface area contributed by atoms with Crippen LogP contribution in [-0.4, -0.2) is 52.6 Å². The van der Waals surface area contributed by atoms with Crippen LogP contribution in [0.25, 0.3) is 0 Å². The third-order valence-electron chi connectivity index (χ3n) is 4.45. The first kappa shape index (κ1) is 21.2. The summed E-state index contributed by atoms with van der Waals surface area (Å²) < 4.78 is 5.74. The fourth-order valence-electron chi connectivity index (χ4n) is 3.35. The number of para-hydroxylation sites is 2.